The van der Waals surface area contributed by atoms with Crippen LogP contribution in [-0.2, 0) is 19.6 Å². The summed E-state index contributed by atoms with van der Waals surface area (Å²) in [6.07, 6.45) is 4.67. The van der Waals surface area contributed by atoms with Crippen LogP contribution in [0.1, 0.15) is 25.7 Å². The van der Waals surface area contributed by atoms with Gasteiger partial charge in [-0.05, 0) is 25.7 Å². The van der Waals surface area contributed by atoms with E-state index < -0.39 is 10.0 Å². The van der Waals surface area contributed by atoms with Crippen LogP contribution in [0.15, 0.2) is 0 Å². The number of likely N-dealkylation sites (tertiary alicyclic amines) is 1. The molecule has 2 aliphatic rings. The standard InChI is InChI=1S/C12H22N2O4S/c1-18-9-11(15)13-7-3-5-12(10-13)6-4-8-14(12)19(2,16)17/h3-10H2,1-2H3/t12-/m0/s1. The van der Waals surface area contributed by atoms with Gasteiger partial charge in [0.1, 0.15) is 6.61 Å². The van der Waals surface area contributed by atoms with Crippen LogP contribution in [0.2, 0.25) is 0 Å². The molecule has 0 unspecified atom stereocenters. The number of piperidine rings is 1. The first-order chi connectivity index (χ1) is 8.89. The first-order valence-electron chi connectivity index (χ1n) is 6.64. The molecular formula is C12H22N2O4S. The van der Waals surface area contributed by atoms with Crippen molar-refractivity contribution in [3.63, 3.8) is 0 Å². The van der Waals surface area contributed by atoms with Crippen LogP contribution >= 0.6 is 0 Å². The fourth-order valence-electron chi connectivity index (χ4n) is 3.38. The van der Waals surface area contributed by atoms with Gasteiger partial charge in [-0.2, -0.15) is 4.31 Å². The molecule has 0 aromatic carbocycles. The fourth-order valence-corrected chi connectivity index (χ4v) is 4.78. The number of methoxy groups -OCH3 is 1. The highest BCUT2D eigenvalue weighted by atomic mass is 32.2. The van der Waals surface area contributed by atoms with Crippen LogP contribution in [0.25, 0.3) is 0 Å². The summed E-state index contributed by atoms with van der Waals surface area (Å²) in [6, 6.07) is 0. The van der Waals surface area contributed by atoms with E-state index in [0.29, 0.717) is 19.6 Å². The first-order valence-corrected chi connectivity index (χ1v) is 8.48. The number of amides is 1. The van der Waals surface area contributed by atoms with Gasteiger partial charge in [0.05, 0.1) is 11.8 Å². The number of hydrogen-bond acceptors (Lipinski definition) is 4. The van der Waals surface area contributed by atoms with E-state index in [1.807, 2.05) is 0 Å². The van der Waals surface area contributed by atoms with E-state index in [1.54, 1.807) is 9.21 Å². The third-order valence-electron chi connectivity index (χ3n) is 4.11. The molecule has 1 amide bonds. The monoisotopic (exact) mass is 290 g/mol. The third-order valence-corrected chi connectivity index (χ3v) is 5.48. The van der Waals surface area contributed by atoms with Crippen LogP contribution in [0.5, 0.6) is 0 Å². The lowest BCUT2D eigenvalue weighted by molar-refractivity contribution is -0.138. The van der Waals surface area contributed by atoms with Crippen LogP contribution in [0.3, 0.4) is 0 Å². The van der Waals surface area contributed by atoms with Gasteiger partial charge in [-0.3, -0.25) is 4.79 Å². The molecular weight excluding hydrogens is 268 g/mol. The molecule has 110 valence electrons. The normalized spacial score (nSPS) is 29.1. The predicted octanol–water partition coefficient (Wildman–Crippen LogP) is 0.0494. The Morgan fingerprint density at radius 2 is 1.89 bits per heavy atom. The van der Waals surface area contributed by atoms with Gasteiger partial charge in [-0.1, -0.05) is 0 Å². The van der Waals surface area contributed by atoms with E-state index >= 15 is 0 Å². The maximum absolute atomic E-state index is 11.9. The molecule has 0 N–H and O–H groups in total. The molecule has 2 aliphatic heterocycles. The lowest BCUT2D eigenvalue weighted by atomic mass is 9.87. The lowest BCUT2D eigenvalue weighted by Crippen LogP contribution is -2.58. The van der Waals surface area contributed by atoms with Crippen LogP contribution in [-0.4, -0.2) is 68.7 Å². The zero-order chi connectivity index (χ0) is 14.1. The predicted molar refractivity (Wildman–Crippen MR) is 71.2 cm³/mol. The second-order valence-corrected chi connectivity index (χ2v) is 7.42. The Morgan fingerprint density at radius 1 is 1.26 bits per heavy atom. The third kappa shape index (κ3) is 2.93. The number of ether oxygens (including phenoxy) is 1. The summed E-state index contributed by atoms with van der Waals surface area (Å²) in [5.74, 6) is -0.0538. The Labute approximate surface area is 114 Å². The zero-order valence-electron chi connectivity index (χ0n) is 11.6. The number of nitrogens with zero attached hydrogens (tertiary/aromatic N) is 2. The Kier molecular flexibility index (Phi) is 4.17. The maximum Gasteiger partial charge on any atom is 0.248 e. The van der Waals surface area contributed by atoms with Gasteiger partial charge in [-0.15, -0.1) is 0 Å². The van der Waals surface area contributed by atoms with Gasteiger partial charge in [0.15, 0.2) is 0 Å². The number of sulfonamides is 1. The van der Waals surface area contributed by atoms with Crippen molar-refractivity contribution < 1.29 is 17.9 Å². The van der Waals surface area contributed by atoms with Crippen molar-refractivity contribution in [1.29, 1.82) is 0 Å². The summed E-state index contributed by atoms with van der Waals surface area (Å²) < 4.78 is 30.3. The van der Waals surface area contributed by atoms with E-state index in [0.717, 1.165) is 25.7 Å². The zero-order valence-corrected chi connectivity index (χ0v) is 12.4. The van der Waals surface area contributed by atoms with Gasteiger partial charge in [0, 0.05) is 26.7 Å². The first kappa shape index (κ1) is 14.7. The van der Waals surface area contributed by atoms with Crippen molar-refractivity contribution in [3.8, 4) is 0 Å². The molecule has 0 radical (unpaired) electrons. The van der Waals surface area contributed by atoms with Crippen LogP contribution < -0.4 is 0 Å². The van der Waals surface area contributed by atoms with E-state index in [-0.39, 0.29) is 18.1 Å². The highest BCUT2D eigenvalue weighted by molar-refractivity contribution is 7.88. The summed E-state index contributed by atoms with van der Waals surface area (Å²) in [5, 5.41) is 0. The molecule has 1 spiro atoms. The minimum Gasteiger partial charge on any atom is -0.375 e. The molecule has 19 heavy (non-hydrogen) atoms. The van der Waals surface area contributed by atoms with Gasteiger partial charge in [0.25, 0.3) is 0 Å². The van der Waals surface area contributed by atoms with Crippen molar-refractivity contribution in [2.45, 2.75) is 31.2 Å². The van der Waals surface area contributed by atoms with E-state index in [2.05, 4.69) is 0 Å². The Morgan fingerprint density at radius 3 is 2.47 bits per heavy atom. The highest BCUT2D eigenvalue weighted by Gasteiger charge is 2.48. The number of hydrogen-bond donors (Lipinski definition) is 0. The molecule has 0 aromatic rings. The lowest BCUT2D eigenvalue weighted by Gasteiger charge is -2.44. The largest absolute Gasteiger partial charge is 0.375 e. The average Bonchev–Trinajstić information content (AvgIpc) is 2.72. The fraction of sp³-hybridized carbons (Fsp3) is 0.917. The van der Waals surface area contributed by atoms with Crippen molar-refractivity contribution in [3.05, 3.63) is 0 Å². The molecule has 0 aromatic heterocycles. The minimum atomic E-state index is -3.21. The molecule has 0 bridgehead atoms. The van der Waals surface area contributed by atoms with Crippen molar-refractivity contribution in [2.24, 2.45) is 0 Å². The molecule has 0 saturated carbocycles. The SMILES string of the molecule is COCC(=O)N1CCC[C@]2(CCCN2S(C)(=O)=O)C1. The van der Waals surface area contributed by atoms with Crippen LogP contribution in [0, 0.1) is 0 Å². The van der Waals surface area contributed by atoms with Gasteiger partial charge in [-0.25, -0.2) is 8.42 Å². The quantitative estimate of drug-likeness (QED) is 0.736. The Balaban J connectivity index is 2.17. The second-order valence-electron chi connectivity index (χ2n) is 5.51. The van der Waals surface area contributed by atoms with E-state index in [1.165, 1.54) is 13.4 Å². The van der Waals surface area contributed by atoms with E-state index in [4.69, 9.17) is 4.74 Å². The van der Waals surface area contributed by atoms with Gasteiger partial charge >= 0.3 is 0 Å². The molecule has 6 nitrogen and oxygen atoms in total. The van der Waals surface area contributed by atoms with Crippen molar-refractivity contribution in [2.75, 3.05) is 39.6 Å². The summed E-state index contributed by atoms with van der Waals surface area (Å²) in [7, 11) is -1.71. The number of rotatable bonds is 3. The highest BCUT2D eigenvalue weighted by Crippen LogP contribution is 2.38. The Hall–Kier alpha value is -0.660. The van der Waals surface area contributed by atoms with Crippen molar-refractivity contribution >= 4 is 15.9 Å². The van der Waals surface area contributed by atoms with E-state index in [9.17, 15) is 13.2 Å². The summed E-state index contributed by atoms with van der Waals surface area (Å²) in [4.78, 5) is 13.7. The number of carbonyl (C=O) groups excluding carboxylic acids is 1. The second kappa shape index (κ2) is 5.38. The molecule has 2 saturated heterocycles. The minimum absolute atomic E-state index is 0.0538. The molecule has 2 fully saturated rings. The summed E-state index contributed by atoms with van der Waals surface area (Å²) >= 11 is 0. The Bertz CT molecular complexity index is 451. The average molecular weight is 290 g/mol. The molecule has 0 aliphatic carbocycles. The summed E-state index contributed by atoms with van der Waals surface area (Å²) in [6.45, 7) is 1.84. The maximum atomic E-state index is 11.9. The number of carbonyl (C=O) groups is 1. The molecule has 1 atom stereocenters. The topological polar surface area (TPSA) is 66.9 Å². The smallest absolute Gasteiger partial charge is 0.248 e. The van der Waals surface area contributed by atoms with Crippen LogP contribution in [0.4, 0.5) is 0 Å². The molecule has 2 rings (SSSR count). The molecule has 7 heteroatoms. The molecule has 2 heterocycles. The summed E-state index contributed by atoms with van der Waals surface area (Å²) in [5.41, 5.74) is -0.380. The van der Waals surface area contributed by atoms with Crippen molar-refractivity contribution in [1.82, 2.24) is 9.21 Å². The van der Waals surface area contributed by atoms with Gasteiger partial charge < -0.3 is 9.64 Å². The van der Waals surface area contributed by atoms with Gasteiger partial charge in [0.2, 0.25) is 15.9 Å².